The number of aryl methyl sites for hydroxylation is 1. The fourth-order valence-corrected chi connectivity index (χ4v) is 3.09. The molecule has 0 aliphatic heterocycles. The number of rotatable bonds is 5. The van der Waals surface area contributed by atoms with Crippen molar-refractivity contribution >= 4 is 33.2 Å². The van der Waals surface area contributed by atoms with Crippen LogP contribution >= 0.6 is 15.9 Å². The average Bonchev–Trinajstić information content (AvgIpc) is 2.51. The van der Waals surface area contributed by atoms with E-state index in [1.54, 1.807) is 7.11 Å². The first-order valence-electron chi connectivity index (χ1n) is 7.40. The van der Waals surface area contributed by atoms with Crippen LogP contribution in [0, 0.1) is 6.92 Å². The Morgan fingerprint density at radius 1 is 1.35 bits per heavy atom. The molecule has 3 N–H and O–H groups in total. The van der Waals surface area contributed by atoms with Crippen molar-refractivity contribution in [2.75, 3.05) is 18.2 Å². The molecule has 1 atom stereocenters. The van der Waals surface area contributed by atoms with Crippen LogP contribution in [-0.4, -0.2) is 13.0 Å². The van der Waals surface area contributed by atoms with Crippen molar-refractivity contribution in [3.63, 3.8) is 0 Å². The Hall–Kier alpha value is -2.01. The van der Waals surface area contributed by atoms with E-state index in [1.807, 2.05) is 50.2 Å². The normalized spacial score (nSPS) is 11.8. The van der Waals surface area contributed by atoms with Crippen molar-refractivity contribution in [1.82, 2.24) is 0 Å². The van der Waals surface area contributed by atoms with Crippen molar-refractivity contribution in [2.24, 2.45) is 0 Å². The zero-order chi connectivity index (χ0) is 17.0. The molecule has 23 heavy (non-hydrogen) atoms. The van der Waals surface area contributed by atoms with Gasteiger partial charge in [-0.1, -0.05) is 41.1 Å². The summed E-state index contributed by atoms with van der Waals surface area (Å²) < 4.78 is 6.25. The molecule has 0 bridgehead atoms. The lowest BCUT2D eigenvalue weighted by molar-refractivity contribution is -0.116. The molecule has 2 rings (SSSR count). The summed E-state index contributed by atoms with van der Waals surface area (Å²) >= 11 is 3.42. The number of nitrogens with two attached hydrogens (primary N) is 1. The predicted molar refractivity (Wildman–Crippen MR) is 97.9 cm³/mol. The van der Waals surface area contributed by atoms with Gasteiger partial charge in [0, 0.05) is 10.9 Å². The van der Waals surface area contributed by atoms with E-state index in [9.17, 15) is 4.79 Å². The number of carbonyl (C=O) groups excluding carboxylic acids is 1. The Balaban J connectivity index is 2.11. The van der Waals surface area contributed by atoms with Gasteiger partial charge in [-0.2, -0.15) is 0 Å². The van der Waals surface area contributed by atoms with Gasteiger partial charge in [-0.15, -0.1) is 0 Å². The third-order valence-corrected chi connectivity index (χ3v) is 4.24. The van der Waals surface area contributed by atoms with Crippen LogP contribution in [0.4, 0.5) is 11.4 Å². The van der Waals surface area contributed by atoms with Gasteiger partial charge in [0.25, 0.3) is 0 Å². The number of hydrogen-bond acceptors (Lipinski definition) is 3. The Kier molecular flexibility index (Phi) is 5.66. The maximum absolute atomic E-state index is 12.3. The first-order chi connectivity index (χ1) is 10.9. The quantitative estimate of drug-likeness (QED) is 0.755. The summed E-state index contributed by atoms with van der Waals surface area (Å²) in [6.45, 7) is 3.92. The van der Waals surface area contributed by atoms with Crippen molar-refractivity contribution in [1.29, 1.82) is 0 Å². The van der Waals surface area contributed by atoms with Crippen LogP contribution in [0.15, 0.2) is 40.9 Å². The Bertz CT molecular complexity index is 716. The summed E-state index contributed by atoms with van der Waals surface area (Å²) in [4.78, 5) is 12.3. The molecule has 2 aromatic carbocycles. The van der Waals surface area contributed by atoms with Crippen LogP contribution < -0.4 is 15.8 Å². The highest BCUT2D eigenvalue weighted by molar-refractivity contribution is 9.10. The topological polar surface area (TPSA) is 64.3 Å². The number of nitrogen functional groups attached to an aromatic ring is 1. The average molecular weight is 377 g/mol. The van der Waals surface area contributed by atoms with Crippen LogP contribution in [-0.2, 0) is 4.79 Å². The van der Waals surface area contributed by atoms with Crippen molar-refractivity contribution in [2.45, 2.75) is 26.2 Å². The third kappa shape index (κ3) is 4.26. The lowest BCUT2D eigenvalue weighted by Gasteiger charge is -2.16. The highest BCUT2D eigenvalue weighted by atomic mass is 79.9. The fraction of sp³-hybridized carbons (Fsp3) is 0.278. The monoisotopic (exact) mass is 376 g/mol. The fourth-order valence-electron chi connectivity index (χ4n) is 2.52. The van der Waals surface area contributed by atoms with Crippen LogP contribution in [0.3, 0.4) is 0 Å². The molecule has 0 saturated carbocycles. The maximum atomic E-state index is 12.3. The molecule has 0 saturated heterocycles. The summed E-state index contributed by atoms with van der Waals surface area (Å²) in [5, 5.41) is 2.90. The predicted octanol–water partition coefficient (Wildman–Crippen LogP) is 4.48. The molecule has 0 heterocycles. The molecule has 2 aromatic rings. The van der Waals surface area contributed by atoms with Gasteiger partial charge in [-0.3, -0.25) is 4.79 Å². The van der Waals surface area contributed by atoms with Gasteiger partial charge in [0.2, 0.25) is 5.91 Å². The minimum atomic E-state index is -0.0763. The smallest absolute Gasteiger partial charge is 0.225 e. The first-order valence-corrected chi connectivity index (χ1v) is 8.20. The summed E-state index contributed by atoms with van der Waals surface area (Å²) in [6, 6.07) is 11.5. The zero-order valence-corrected chi connectivity index (χ0v) is 15.1. The second-order valence-corrected chi connectivity index (χ2v) is 6.49. The second kappa shape index (κ2) is 7.51. The van der Waals surface area contributed by atoms with E-state index in [0.717, 1.165) is 21.3 Å². The molecule has 0 fully saturated rings. The standard InChI is InChI=1S/C18H21BrN2O2/c1-11(14-6-4-5-7-16(14)23-3)9-17(22)21-15-10-13(19)8-12(2)18(15)20/h4-8,10-11H,9,20H2,1-3H3,(H,21,22). The molecular formula is C18H21BrN2O2. The molecule has 0 spiro atoms. The van der Waals surface area contributed by atoms with Gasteiger partial charge in [0.1, 0.15) is 5.75 Å². The number of nitrogens with one attached hydrogen (secondary N) is 1. The zero-order valence-electron chi connectivity index (χ0n) is 13.5. The highest BCUT2D eigenvalue weighted by Gasteiger charge is 2.16. The summed E-state index contributed by atoms with van der Waals surface area (Å²) in [5.41, 5.74) is 9.20. The number of para-hydroxylation sites is 1. The van der Waals surface area contributed by atoms with E-state index < -0.39 is 0 Å². The number of amides is 1. The number of carbonyl (C=O) groups is 1. The molecule has 1 amide bonds. The molecule has 1 unspecified atom stereocenters. The Morgan fingerprint density at radius 2 is 2.04 bits per heavy atom. The highest BCUT2D eigenvalue weighted by Crippen LogP contribution is 2.30. The number of ether oxygens (including phenoxy) is 1. The molecule has 0 radical (unpaired) electrons. The minimum absolute atomic E-state index is 0.0422. The lowest BCUT2D eigenvalue weighted by Crippen LogP contribution is -2.16. The number of methoxy groups -OCH3 is 1. The van der Waals surface area contributed by atoms with Crippen molar-refractivity contribution in [3.05, 3.63) is 52.0 Å². The van der Waals surface area contributed by atoms with Gasteiger partial charge < -0.3 is 15.8 Å². The van der Waals surface area contributed by atoms with Gasteiger partial charge >= 0.3 is 0 Å². The van der Waals surface area contributed by atoms with E-state index in [2.05, 4.69) is 21.2 Å². The van der Waals surface area contributed by atoms with Gasteiger partial charge in [-0.05, 0) is 42.2 Å². The van der Waals surface area contributed by atoms with Crippen molar-refractivity contribution < 1.29 is 9.53 Å². The van der Waals surface area contributed by atoms with Crippen molar-refractivity contribution in [3.8, 4) is 5.75 Å². The second-order valence-electron chi connectivity index (χ2n) is 5.58. The number of anilines is 2. The van der Waals surface area contributed by atoms with E-state index in [0.29, 0.717) is 17.8 Å². The van der Waals surface area contributed by atoms with Crippen LogP contribution in [0.25, 0.3) is 0 Å². The minimum Gasteiger partial charge on any atom is -0.496 e. The van der Waals surface area contributed by atoms with Crippen LogP contribution in [0.1, 0.15) is 30.4 Å². The molecule has 4 nitrogen and oxygen atoms in total. The summed E-state index contributed by atoms with van der Waals surface area (Å²) in [7, 11) is 1.64. The molecule has 5 heteroatoms. The largest absolute Gasteiger partial charge is 0.496 e. The number of halogens is 1. The van der Waals surface area contributed by atoms with Gasteiger partial charge in [-0.25, -0.2) is 0 Å². The van der Waals surface area contributed by atoms with E-state index in [1.165, 1.54) is 0 Å². The molecule has 0 aromatic heterocycles. The molecule has 0 aliphatic carbocycles. The van der Waals surface area contributed by atoms with E-state index in [-0.39, 0.29) is 11.8 Å². The van der Waals surface area contributed by atoms with Crippen LogP contribution in [0.5, 0.6) is 5.75 Å². The number of benzene rings is 2. The number of hydrogen-bond donors (Lipinski definition) is 2. The SMILES string of the molecule is COc1ccccc1C(C)CC(=O)Nc1cc(Br)cc(C)c1N. The first kappa shape index (κ1) is 17.3. The molecule has 122 valence electrons. The maximum Gasteiger partial charge on any atom is 0.225 e. The Morgan fingerprint density at radius 3 is 2.74 bits per heavy atom. The summed E-state index contributed by atoms with van der Waals surface area (Å²) in [5.74, 6) is 0.763. The summed E-state index contributed by atoms with van der Waals surface area (Å²) in [6.07, 6.45) is 0.353. The Labute approximate surface area is 145 Å². The molecular weight excluding hydrogens is 356 g/mol. The van der Waals surface area contributed by atoms with Gasteiger partial charge in [0.05, 0.1) is 18.5 Å². The lowest BCUT2D eigenvalue weighted by atomic mass is 9.96. The van der Waals surface area contributed by atoms with E-state index in [4.69, 9.17) is 10.5 Å². The van der Waals surface area contributed by atoms with E-state index >= 15 is 0 Å². The van der Waals surface area contributed by atoms with Gasteiger partial charge in [0.15, 0.2) is 0 Å². The van der Waals surface area contributed by atoms with Crippen LogP contribution in [0.2, 0.25) is 0 Å². The third-order valence-electron chi connectivity index (χ3n) is 3.79. The molecule has 0 aliphatic rings.